The molecular formula is C12H20N4O. The zero-order chi connectivity index (χ0) is 12.6. The van der Waals surface area contributed by atoms with Gasteiger partial charge in [0.05, 0.1) is 6.33 Å². The number of anilines is 2. The number of aromatic nitrogens is 2. The van der Waals surface area contributed by atoms with E-state index < -0.39 is 0 Å². The molecule has 0 aromatic carbocycles. The van der Waals surface area contributed by atoms with Gasteiger partial charge in [0.25, 0.3) is 5.56 Å². The van der Waals surface area contributed by atoms with Gasteiger partial charge in [0, 0.05) is 13.1 Å². The number of nitrogens with zero attached hydrogens (tertiary/aromatic N) is 2. The Labute approximate surface area is 101 Å². The van der Waals surface area contributed by atoms with Crippen LogP contribution in [0.3, 0.4) is 0 Å². The van der Waals surface area contributed by atoms with Gasteiger partial charge >= 0.3 is 0 Å². The summed E-state index contributed by atoms with van der Waals surface area (Å²) in [6.07, 6.45) is 2.54. The molecule has 0 bridgehead atoms. The molecular weight excluding hydrogens is 216 g/mol. The van der Waals surface area contributed by atoms with E-state index in [1.165, 1.54) is 6.33 Å². The van der Waals surface area contributed by atoms with E-state index in [-0.39, 0.29) is 16.7 Å². The molecule has 5 heteroatoms. The SMILES string of the molecule is CC(C)(C)C1CCN(c2nc[nH]c(=O)c2N)C1. The topological polar surface area (TPSA) is 75.0 Å². The van der Waals surface area contributed by atoms with Gasteiger partial charge in [-0.3, -0.25) is 4.79 Å². The highest BCUT2D eigenvalue weighted by atomic mass is 16.1. The van der Waals surface area contributed by atoms with Gasteiger partial charge in [-0.2, -0.15) is 0 Å². The number of hydrogen-bond acceptors (Lipinski definition) is 4. The average Bonchev–Trinajstić information content (AvgIpc) is 2.70. The van der Waals surface area contributed by atoms with Crippen LogP contribution in [0, 0.1) is 11.3 Å². The molecule has 1 aromatic heterocycles. The van der Waals surface area contributed by atoms with Crippen molar-refractivity contribution in [1.29, 1.82) is 0 Å². The number of aromatic amines is 1. The molecule has 5 nitrogen and oxygen atoms in total. The quantitative estimate of drug-likeness (QED) is 0.769. The highest BCUT2D eigenvalue weighted by Crippen LogP contribution is 2.35. The maximum atomic E-state index is 11.4. The normalized spacial score (nSPS) is 20.9. The standard InChI is InChI=1S/C12H20N4O/c1-12(2,3)8-4-5-16(6-8)10-9(13)11(17)15-7-14-10/h7-8H,4-6,13H2,1-3H3,(H,14,15,17). The van der Waals surface area contributed by atoms with Crippen molar-refractivity contribution in [2.45, 2.75) is 27.2 Å². The van der Waals surface area contributed by atoms with Gasteiger partial charge in [0.1, 0.15) is 5.69 Å². The Morgan fingerprint density at radius 2 is 2.24 bits per heavy atom. The summed E-state index contributed by atoms with van der Waals surface area (Å²) >= 11 is 0. The van der Waals surface area contributed by atoms with Crippen molar-refractivity contribution in [2.75, 3.05) is 23.7 Å². The number of hydrogen-bond donors (Lipinski definition) is 2. The summed E-state index contributed by atoms with van der Waals surface area (Å²) in [5.41, 5.74) is 6.02. The van der Waals surface area contributed by atoms with E-state index >= 15 is 0 Å². The molecule has 3 N–H and O–H groups in total. The van der Waals surface area contributed by atoms with E-state index in [0.29, 0.717) is 11.7 Å². The van der Waals surface area contributed by atoms with Crippen LogP contribution < -0.4 is 16.2 Å². The maximum absolute atomic E-state index is 11.4. The fourth-order valence-corrected chi connectivity index (χ4v) is 2.31. The number of nitrogens with two attached hydrogens (primary N) is 1. The third kappa shape index (κ3) is 2.28. The second-order valence-corrected chi connectivity index (χ2v) is 5.77. The van der Waals surface area contributed by atoms with E-state index in [0.717, 1.165) is 19.5 Å². The Morgan fingerprint density at radius 1 is 1.53 bits per heavy atom. The average molecular weight is 236 g/mol. The fraction of sp³-hybridized carbons (Fsp3) is 0.667. The van der Waals surface area contributed by atoms with Crippen molar-refractivity contribution in [3.63, 3.8) is 0 Å². The molecule has 0 radical (unpaired) electrons. The van der Waals surface area contributed by atoms with E-state index in [2.05, 4.69) is 35.6 Å². The van der Waals surface area contributed by atoms with Gasteiger partial charge in [-0.25, -0.2) is 4.98 Å². The van der Waals surface area contributed by atoms with Gasteiger partial charge in [0.15, 0.2) is 5.82 Å². The van der Waals surface area contributed by atoms with Crippen LogP contribution in [0.25, 0.3) is 0 Å². The van der Waals surface area contributed by atoms with Crippen molar-refractivity contribution >= 4 is 11.5 Å². The number of H-pyrrole nitrogens is 1. The molecule has 2 heterocycles. The van der Waals surface area contributed by atoms with Crippen LogP contribution in [0.2, 0.25) is 0 Å². The maximum Gasteiger partial charge on any atom is 0.276 e. The van der Waals surface area contributed by atoms with Gasteiger partial charge in [-0.1, -0.05) is 20.8 Å². The molecule has 2 rings (SSSR count). The van der Waals surface area contributed by atoms with E-state index in [1.807, 2.05) is 0 Å². The van der Waals surface area contributed by atoms with E-state index in [4.69, 9.17) is 5.73 Å². The van der Waals surface area contributed by atoms with Crippen molar-refractivity contribution in [3.8, 4) is 0 Å². The second kappa shape index (κ2) is 4.05. The number of rotatable bonds is 1. The van der Waals surface area contributed by atoms with Crippen LogP contribution >= 0.6 is 0 Å². The van der Waals surface area contributed by atoms with Crippen LogP contribution in [0.15, 0.2) is 11.1 Å². The minimum Gasteiger partial charge on any atom is -0.391 e. The summed E-state index contributed by atoms with van der Waals surface area (Å²) in [6, 6.07) is 0. The first-order valence-electron chi connectivity index (χ1n) is 5.97. The molecule has 94 valence electrons. The van der Waals surface area contributed by atoms with E-state index in [9.17, 15) is 4.79 Å². The van der Waals surface area contributed by atoms with E-state index in [1.54, 1.807) is 0 Å². The molecule has 1 aromatic rings. The number of nitrogen functional groups attached to an aromatic ring is 1. The third-order valence-corrected chi connectivity index (χ3v) is 3.58. The summed E-state index contributed by atoms with van der Waals surface area (Å²) in [6.45, 7) is 8.58. The molecule has 1 unspecified atom stereocenters. The first kappa shape index (κ1) is 12.0. The summed E-state index contributed by atoms with van der Waals surface area (Å²) in [5, 5.41) is 0. The lowest BCUT2D eigenvalue weighted by Crippen LogP contribution is -2.28. The van der Waals surface area contributed by atoms with Gasteiger partial charge < -0.3 is 15.6 Å². The van der Waals surface area contributed by atoms with Crippen molar-refractivity contribution in [3.05, 3.63) is 16.7 Å². The molecule has 1 aliphatic rings. The number of nitrogens with one attached hydrogen (secondary N) is 1. The lowest BCUT2D eigenvalue weighted by Gasteiger charge is -2.27. The largest absolute Gasteiger partial charge is 0.391 e. The van der Waals surface area contributed by atoms with Crippen LogP contribution in [0.5, 0.6) is 0 Å². The predicted molar refractivity (Wildman–Crippen MR) is 69.0 cm³/mol. The van der Waals surface area contributed by atoms with Gasteiger partial charge in [-0.05, 0) is 17.8 Å². The fourth-order valence-electron chi connectivity index (χ4n) is 2.31. The minimum atomic E-state index is -0.255. The van der Waals surface area contributed by atoms with Crippen LogP contribution in [-0.2, 0) is 0 Å². The Balaban J connectivity index is 2.21. The Morgan fingerprint density at radius 3 is 2.82 bits per heavy atom. The van der Waals surface area contributed by atoms with Crippen LogP contribution in [0.1, 0.15) is 27.2 Å². The first-order chi connectivity index (χ1) is 7.89. The van der Waals surface area contributed by atoms with Gasteiger partial charge in [-0.15, -0.1) is 0 Å². The molecule has 17 heavy (non-hydrogen) atoms. The van der Waals surface area contributed by atoms with Gasteiger partial charge in [0.2, 0.25) is 0 Å². The highest BCUT2D eigenvalue weighted by Gasteiger charge is 2.33. The molecule has 1 fully saturated rings. The predicted octanol–water partition coefficient (Wildman–Crippen LogP) is 1.22. The summed E-state index contributed by atoms with van der Waals surface area (Å²) in [7, 11) is 0. The lowest BCUT2D eigenvalue weighted by atomic mass is 9.80. The molecule has 0 aliphatic carbocycles. The Hall–Kier alpha value is -1.52. The lowest BCUT2D eigenvalue weighted by molar-refractivity contribution is 0.263. The smallest absolute Gasteiger partial charge is 0.276 e. The summed E-state index contributed by atoms with van der Waals surface area (Å²) in [5.74, 6) is 1.24. The van der Waals surface area contributed by atoms with Crippen LogP contribution in [0.4, 0.5) is 11.5 Å². The highest BCUT2D eigenvalue weighted by molar-refractivity contribution is 5.61. The second-order valence-electron chi connectivity index (χ2n) is 5.77. The minimum absolute atomic E-state index is 0.224. The van der Waals surface area contributed by atoms with Crippen molar-refractivity contribution in [1.82, 2.24) is 9.97 Å². The molecule has 1 aliphatic heterocycles. The molecule has 0 saturated carbocycles. The summed E-state index contributed by atoms with van der Waals surface area (Å²) in [4.78, 5) is 20.2. The summed E-state index contributed by atoms with van der Waals surface area (Å²) < 4.78 is 0. The molecule has 1 saturated heterocycles. The monoisotopic (exact) mass is 236 g/mol. The Kier molecular flexibility index (Phi) is 2.85. The van der Waals surface area contributed by atoms with Crippen LogP contribution in [-0.4, -0.2) is 23.1 Å². The van der Waals surface area contributed by atoms with Crippen molar-refractivity contribution < 1.29 is 0 Å². The molecule has 1 atom stereocenters. The Bertz CT molecular complexity index is 460. The van der Waals surface area contributed by atoms with Crippen molar-refractivity contribution in [2.24, 2.45) is 11.3 Å². The zero-order valence-corrected chi connectivity index (χ0v) is 10.7. The third-order valence-electron chi connectivity index (χ3n) is 3.58. The zero-order valence-electron chi connectivity index (χ0n) is 10.7. The first-order valence-corrected chi connectivity index (χ1v) is 5.97. The molecule has 0 spiro atoms. The molecule has 0 amide bonds.